The molecule has 16 heavy (non-hydrogen) atoms. The molecular weight excluding hydrogens is 248 g/mol. The lowest BCUT2D eigenvalue weighted by Gasteiger charge is -2.26. The number of hydrogen-bond acceptors (Lipinski definition) is 4. The molecule has 1 fully saturated rings. The molecule has 1 unspecified atom stereocenters. The topological polar surface area (TPSA) is 50.4 Å². The Morgan fingerprint density at radius 1 is 1.62 bits per heavy atom. The van der Waals surface area contributed by atoms with Crippen molar-refractivity contribution in [1.29, 1.82) is 0 Å². The summed E-state index contributed by atoms with van der Waals surface area (Å²) in [6.45, 7) is 6.84. The van der Waals surface area contributed by atoms with E-state index in [2.05, 4.69) is 24.5 Å². The summed E-state index contributed by atoms with van der Waals surface area (Å²) in [6, 6.07) is -0.184. The van der Waals surface area contributed by atoms with Gasteiger partial charge in [-0.1, -0.05) is 0 Å². The van der Waals surface area contributed by atoms with Crippen LogP contribution in [0, 0.1) is 0 Å². The minimum absolute atomic E-state index is 0. The van der Waals surface area contributed by atoms with Gasteiger partial charge in [0.25, 0.3) is 0 Å². The summed E-state index contributed by atoms with van der Waals surface area (Å²) in [4.78, 5) is 11.7. The fraction of sp³-hybridized carbons (Fsp3) is 0.900. The van der Waals surface area contributed by atoms with Crippen LogP contribution in [0.25, 0.3) is 0 Å². The van der Waals surface area contributed by atoms with Crippen molar-refractivity contribution in [1.82, 2.24) is 10.6 Å². The second kappa shape index (κ2) is 7.37. The van der Waals surface area contributed by atoms with Gasteiger partial charge in [-0.25, -0.2) is 0 Å². The number of rotatable bonds is 4. The quantitative estimate of drug-likeness (QED) is 0.786. The average Bonchev–Trinajstić information content (AvgIpc) is 2.27. The first-order valence-electron chi connectivity index (χ1n) is 5.19. The van der Waals surface area contributed by atoms with Crippen molar-refractivity contribution in [3.05, 3.63) is 0 Å². The Morgan fingerprint density at radius 3 is 2.81 bits per heavy atom. The van der Waals surface area contributed by atoms with Gasteiger partial charge in [-0.2, -0.15) is 11.8 Å². The largest absolute Gasteiger partial charge is 0.378 e. The van der Waals surface area contributed by atoms with Crippen molar-refractivity contribution in [3.8, 4) is 0 Å². The van der Waals surface area contributed by atoms with Crippen LogP contribution in [0.5, 0.6) is 0 Å². The van der Waals surface area contributed by atoms with Gasteiger partial charge in [-0.3, -0.25) is 4.79 Å². The molecule has 1 aliphatic heterocycles. The van der Waals surface area contributed by atoms with Crippen molar-refractivity contribution >= 4 is 30.1 Å². The zero-order chi connectivity index (χ0) is 11.3. The Kier molecular flexibility index (Phi) is 7.39. The molecule has 4 nitrogen and oxygen atoms in total. The van der Waals surface area contributed by atoms with Crippen molar-refractivity contribution in [3.63, 3.8) is 0 Å². The predicted octanol–water partition coefficient (Wildman–Crippen LogP) is 0.654. The fourth-order valence-corrected chi connectivity index (χ4v) is 1.45. The molecule has 0 radical (unpaired) electrons. The van der Waals surface area contributed by atoms with Crippen LogP contribution in [0.1, 0.15) is 13.8 Å². The van der Waals surface area contributed by atoms with Crippen molar-refractivity contribution < 1.29 is 9.53 Å². The summed E-state index contributed by atoms with van der Waals surface area (Å²) in [6.07, 6.45) is 2.05. The van der Waals surface area contributed by atoms with E-state index in [1.165, 1.54) is 0 Å². The van der Waals surface area contributed by atoms with Crippen molar-refractivity contribution in [2.24, 2.45) is 0 Å². The number of carbonyl (C=O) groups is 1. The third-order valence-corrected chi connectivity index (χ3v) is 3.73. The molecule has 0 aromatic carbocycles. The SMILES string of the molecule is CSC(C)(C)CNC(=O)C1COCCN1.Cl. The first-order chi connectivity index (χ1) is 7.05. The van der Waals surface area contributed by atoms with E-state index < -0.39 is 0 Å². The molecule has 0 aromatic heterocycles. The van der Waals surface area contributed by atoms with E-state index in [9.17, 15) is 4.79 Å². The van der Waals surface area contributed by atoms with Gasteiger partial charge in [0.1, 0.15) is 6.04 Å². The van der Waals surface area contributed by atoms with Gasteiger partial charge in [0.2, 0.25) is 5.91 Å². The molecule has 1 heterocycles. The van der Waals surface area contributed by atoms with Crippen LogP contribution in [-0.2, 0) is 9.53 Å². The molecule has 0 aromatic rings. The molecule has 0 saturated carbocycles. The average molecular weight is 269 g/mol. The van der Waals surface area contributed by atoms with E-state index in [1.807, 2.05) is 6.26 Å². The Morgan fingerprint density at radius 2 is 2.31 bits per heavy atom. The zero-order valence-corrected chi connectivity index (χ0v) is 11.7. The molecule has 1 rings (SSSR count). The summed E-state index contributed by atoms with van der Waals surface area (Å²) >= 11 is 1.75. The number of morpholine rings is 1. The monoisotopic (exact) mass is 268 g/mol. The molecule has 0 spiro atoms. The van der Waals surface area contributed by atoms with Crippen LogP contribution in [0.4, 0.5) is 0 Å². The third-order valence-electron chi connectivity index (χ3n) is 2.48. The van der Waals surface area contributed by atoms with Crippen LogP contribution in [-0.4, -0.2) is 49.3 Å². The summed E-state index contributed by atoms with van der Waals surface area (Å²) < 4.78 is 5.32. The van der Waals surface area contributed by atoms with Gasteiger partial charge in [0.05, 0.1) is 13.2 Å². The van der Waals surface area contributed by atoms with Gasteiger partial charge >= 0.3 is 0 Å². The van der Waals surface area contributed by atoms with Crippen LogP contribution in [0.15, 0.2) is 0 Å². The van der Waals surface area contributed by atoms with E-state index in [0.29, 0.717) is 19.8 Å². The fourth-order valence-electron chi connectivity index (χ4n) is 1.23. The van der Waals surface area contributed by atoms with E-state index in [0.717, 1.165) is 6.54 Å². The van der Waals surface area contributed by atoms with Gasteiger partial charge in [-0.15, -0.1) is 12.4 Å². The van der Waals surface area contributed by atoms with Crippen molar-refractivity contribution in [2.45, 2.75) is 24.6 Å². The van der Waals surface area contributed by atoms with Crippen LogP contribution in [0.2, 0.25) is 0 Å². The highest BCUT2D eigenvalue weighted by Crippen LogP contribution is 2.19. The molecule has 1 atom stereocenters. The lowest BCUT2D eigenvalue weighted by molar-refractivity contribution is -0.125. The summed E-state index contributed by atoms with van der Waals surface area (Å²) in [5.74, 6) is 0.0387. The van der Waals surface area contributed by atoms with Gasteiger partial charge in [0.15, 0.2) is 0 Å². The molecule has 0 bridgehead atoms. The van der Waals surface area contributed by atoms with E-state index in [-0.39, 0.29) is 29.1 Å². The van der Waals surface area contributed by atoms with E-state index >= 15 is 0 Å². The second-order valence-corrected chi connectivity index (χ2v) is 5.78. The molecule has 1 saturated heterocycles. The normalized spacial score (nSPS) is 21.1. The van der Waals surface area contributed by atoms with Crippen LogP contribution >= 0.6 is 24.2 Å². The van der Waals surface area contributed by atoms with E-state index in [4.69, 9.17) is 4.74 Å². The zero-order valence-electron chi connectivity index (χ0n) is 10.0. The number of hydrogen-bond donors (Lipinski definition) is 2. The Labute approximate surface area is 108 Å². The summed E-state index contributed by atoms with van der Waals surface area (Å²) in [5, 5.41) is 6.07. The van der Waals surface area contributed by atoms with Gasteiger partial charge in [-0.05, 0) is 20.1 Å². The Hall–Kier alpha value is 0.0300. The minimum Gasteiger partial charge on any atom is -0.378 e. The van der Waals surface area contributed by atoms with Crippen molar-refractivity contribution in [2.75, 3.05) is 32.6 Å². The number of carbonyl (C=O) groups excluding carboxylic acids is 1. The highest BCUT2D eigenvalue weighted by atomic mass is 35.5. The van der Waals surface area contributed by atoms with Crippen LogP contribution < -0.4 is 10.6 Å². The highest BCUT2D eigenvalue weighted by molar-refractivity contribution is 7.99. The standard InChI is InChI=1S/C10H20N2O2S.ClH/c1-10(2,15-3)7-12-9(13)8-6-14-5-4-11-8;/h8,11H,4-7H2,1-3H3,(H,12,13);1H. The smallest absolute Gasteiger partial charge is 0.239 e. The Balaban J connectivity index is 0.00000225. The Bertz CT molecular complexity index is 221. The second-order valence-electron chi connectivity index (χ2n) is 4.26. The van der Waals surface area contributed by atoms with Gasteiger partial charge < -0.3 is 15.4 Å². The number of amides is 1. The first-order valence-corrected chi connectivity index (χ1v) is 6.41. The lowest BCUT2D eigenvalue weighted by Crippen LogP contribution is -2.52. The van der Waals surface area contributed by atoms with E-state index in [1.54, 1.807) is 11.8 Å². The first kappa shape index (κ1) is 16.0. The summed E-state index contributed by atoms with van der Waals surface area (Å²) in [7, 11) is 0. The number of thioether (sulfide) groups is 1. The molecule has 2 N–H and O–H groups in total. The summed E-state index contributed by atoms with van der Waals surface area (Å²) in [5.41, 5.74) is 0. The lowest BCUT2D eigenvalue weighted by atomic mass is 10.2. The van der Waals surface area contributed by atoms with Gasteiger partial charge in [0, 0.05) is 17.8 Å². The predicted molar refractivity (Wildman–Crippen MR) is 70.5 cm³/mol. The third kappa shape index (κ3) is 5.39. The maximum Gasteiger partial charge on any atom is 0.239 e. The van der Waals surface area contributed by atoms with Crippen LogP contribution in [0.3, 0.4) is 0 Å². The molecule has 6 heteroatoms. The number of nitrogens with one attached hydrogen (secondary N) is 2. The number of ether oxygens (including phenoxy) is 1. The minimum atomic E-state index is -0.184. The molecule has 0 aliphatic carbocycles. The molecule has 1 amide bonds. The molecule has 96 valence electrons. The number of halogens is 1. The maximum atomic E-state index is 11.7. The highest BCUT2D eigenvalue weighted by Gasteiger charge is 2.23. The molecular formula is C10H21ClN2O2S. The maximum absolute atomic E-state index is 11.7. The molecule has 1 aliphatic rings.